The van der Waals surface area contributed by atoms with E-state index in [4.69, 9.17) is 5.73 Å². The molecule has 1 heterocycles. The fraction of sp³-hybridized carbons (Fsp3) is 0.600. The topological polar surface area (TPSA) is 63.4 Å². The molecule has 1 saturated heterocycles. The highest BCUT2D eigenvalue weighted by Gasteiger charge is 2.37. The van der Waals surface area contributed by atoms with Gasteiger partial charge in [0.25, 0.3) is 0 Å². The molecule has 1 aromatic rings. The van der Waals surface area contributed by atoms with Crippen molar-refractivity contribution in [2.24, 2.45) is 17.6 Å². The third-order valence-electron chi connectivity index (χ3n) is 4.32. The van der Waals surface area contributed by atoms with Gasteiger partial charge >= 0.3 is 0 Å². The number of sulfonamides is 1. The molecule has 0 radical (unpaired) electrons. The van der Waals surface area contributed by atoms with Crippen LogP contribution in [0.5, 0.6) is 0 Å². The summed E-state index contributed by atoms with van der Waals surface area (Å²) in [6.07, 6.45) is 1.08. The van der Waals surface area contributed by atoms with E-state index in [2.05, 4.69) is 13.8 Å². The van der Waals surface area contributed by atoms with E-state index in [0.29, 0.717) is 28.8 Å². The predicted molar refractivity (Wildman–Crippen MR) is 80.6 cm³/mol. The molecule has 4 nitrogen and oxygen atoms in total. The summed E-state index contributed by atoms with van der Waals surface area (Å²) in [6.45, 7) is 7.06. The minimum absolute atomic E-state index is 0.0297. The number of piperidine rings is 1. The third kappa shape index (κ3) is 2.75. The average molecular weight is 296 g/mol. The van der Waals surface area contributed by atoms with Crippen molar-refractivity contribution in [3.63, 3.8) is 0 Å². The molecule has 0 spiro atoms. The van der Waals surface area contributed by atoms with Crippen LogP contribution in [-0.4, -0.2) is 25.3 Å². The van der Waals surface area contributed by atoms with Gasteiger partial charge in [0.05, 0.1) is 4.90 Å². The van der Waals surface area contributed by atoms with Gasteiger partial charge in [-0.05, 0) is 36.8 Å². The van der Waals surface area contributed by atoms with Crippen LogP contribution >= 0.6 is 0 Å². The highest BCUT2D eigenvalue weighted by molar-refractivity contribution is 7.89. The lowest BCUT2D eigenvalue weighted by Gasteiger charge is -2.40. The summed E-state index contributed by atoms with van der Waals surface area (Å²) in [5.74, 6) is 0.763. The molecule has 112 valence electrons. The molecule has 0 bridgehead atoms. The Hall–Kier alpha value is -0.910. The summed E-state index contributed by atoms with van der Waals surface area (Å²) >= 11 is 0. The molecule has 3 unspecified atom stereocenters. The smallest absolute Gasteiger partial charge is 0.243 e. The number of hydrogen-bond acceptors (Lipinski definition) is 3. The molecular weight excluding hydrogens is 272 g/mol. The number of hydrogen-bond donors (Lipinski definition) is 1. The minimum atomic E-state index is -3.47. The molecule has 3 atom stereocenters. The summed E-state index contributed by atoms with van der Waals surface area (Å²) < 4.78 is 27.5. The molecule has 0 aromatic heterocycles. The van der Waals surface area contributed by atoms with E-state index in [1.807, 2.05) is 13.0 Å². The van der Waals surface area contributed by atoms with Crippen molar-refractivity contribution in [3.8, 4) is 0 Å². The average Bonchev–Trinajstić information content (AvgIpc) is 2.42. The van der Waals surface area contributed by atoms with Crippen molar-refractivity contribution < 1.29 is 8.42 Å². The van der Waals surface area contributed by atoms with E-state index in [1.165, 1.54) is 0 Å². The number of rotatable bonds is 3. The molecule has 1 aromatic carbocycles. The Kier molecular flexibility index (Phi) is 4.52. The van der Waals surface area contributed by atoms with Gasteiger partial charge in [-0.3, -0.25) is 0 Å². The highest BCUT2D eigenvalue weighted by Crippen LogP contribution is 2.32. The molecule has 20 heavy (non-hydrogen) atoms. The molecule has 2 N–H and O–H groups in total. The molecule has 0 aliphatic carbocycles. The lowest BCUT2D eigenvalue weighted by molar-refractivity contribution is 0.157. The highest BCUT2D eigenvalue weighted by atomic mass is 32.2. The molecular formula is C15H24N2O2S. The fourth-order valence-electron chi connectivity index (χ4n) is 3.03. The number of nitrogens with two attached hydrogens (primary N) is 1. The fourth-order valence-corrected chi connectivity index (χ4v) is 5.11. The van der Waals surface area contributed by atoms with Crippen molar-refractivity contribution in [1.29, 1.82) is 0 Å². The lowest BCUT2D eigenvalue weighted by atomic mass is 9.88. The molecule has 2 rings (SSSR count). The van der Waals surface area contributed by atoms with Crippen LogP contribution in [0.4, 0.5) is 0 Å². The number of nitrogens with zero attached hydrogens (tertiary/aromatic N) is 1. The van der Waals surface area contributed by atoms with Crippen LogP contribution < -0.4 is 5.73 Å². The van der Waals surface area contributed by atoms with Gasteiger partial charge in [0.1, 0.15) is 0 Å². The second-order valence-electron chi connectivity index (χ2n) is 5.95. The van der Waals surface area contributed by atoms with Crippen LogP contribution in [0.2, 0.25) is 0 Å². The quantitative estimate of drug-likeness (QED) is 0.930. The Morgan fingerprint density at radius 2 is 1.90 bits per heavy atom. The maximum absolute atomic E-state index is 12.9. The minimum Gasteiger partial charge on any atom is -0.326 e. The maximum Gasteiger partial charge on any atom is 0.243 e. The van der Waals surface area contributed by atoms with E-state index in [1.54, 1.807) is 22.5 Å². The molecule has 1 aliphatic heterocycles. The van der Waals surface area contributed by atoms with Crippen molar-refractivity contribution in [1.82, 2.24) is 4.31 Å². The second-order valence-corrected chi connectivity index (χ2v) is 7.80. The van der Waals surface area contributed by atoms with Gasteiger partial charge < -0.3 is 5.73 Å². The van der Waals surface area contributed by atoms with E-state index in [0.717, 1.165) is 6.42 Å². The van der Waals surface area contributed by atoms with Crippen molar-refractivity contribution in [2.45, 2.75) is 44.7 Å². The van der Waals surface area contributed by atoms with Gasteiger partial charge in [-0.25, -0.2) is 8.42 Å². The lowest BCUT2D eigenvalue weighted by Crippen LogP contribution is -2.48. The van der Waals surface area contributed by atoms with Crippen LogP contribution in [0.15, 0.2) is 29.2 Å². The first-order valence-corrected chi connectivity index (χ1v) is 8.61. The zero-order valence-electron chi connectivity index (χ0n) is 12.4. The first kappa shape index (κ1) is 15.5. The standard InChI is InChI=1S/C15H24N2O2S/c1-11-8-12(2)13(3)17(10-11)20(18,19)15-7-5-4-6-14(15)9-16/h4-7,11-13H,8-10,16H2,1-3H3. The number of benzene rings is 1. The summed E-state index contributed by atoms with van der Waals surface area (Å²) in [4.78, 5) is 0.357. The van der Waals surface area contributed by atoms with Gasteiger partial charge in [0.15, 0.2) is 0 Å². The van der Waals surface area contributed by atoms with Gasteiger partial charge in [-0.15, -0.1) is 0 Å². The summed E-state index contributed by atoms with van der Waals surface area (Å²) in [7, 11) is -3.47. The van der Waals surface area contributed by atoms with Crippen LogP contribution in [0.3, 0.4) is 0 Å². The Morgan fingerprint density at radius 3 is 2.55 bits per heavy atom. The zero-order valence-corrected chi connectivity index (χ0v) is 13.2. The van der Waals surface area contributed by atoms with E-state index in [9.17, 15) is 8.42 Å². The van der Waals surface area contributed by atoms with Gasteiger partial charge in [0, 0.05) is 19.1 Å². The Morgan fingerprint density at radius 1 is 1.25 bits per heavy atom. The van der Waals surface area contributed by atoms with Crippen LogP contribution in [-0.2, 0) is 16.6 Å². The molecule has 0 amide bonds. The van der Waals surface area contributed by atoms with Crippen molar-refractivity contribution >= 4 is 10.0 Å². The van der Waals surface area contributed by atoms with E-state index in [-0.39, 0.29) is 12.6 Å². The van der Waals surface area contributed by atoms with E-state index >= 15 is 0 Å². The first-order chi connectivity index (χ1) is 9.37. The van der Waals surface area contributed by atoms with Crippen LogP contribution in [0.25, 0.3) is 0 Å². The van der Waals surface area contributed by atoms with Crippen molar-refractivity contribution in [2.75, 3.05) is 6.54 Å². The summed E-state index contributed by atoms with van der Waals surface area (Å²) in [5, 5.41) is 0. The monoisotopic (exact) mass is 296 g/mol. The Bertz CT molecular complexity index is 571. The normalized spacial score (nSPS) is 28.5. The molecule has 1 aliphatic rings. The summed E-state index contributed by atoms with van der Waals surface area (Å²) in [5.41, 5.74) is 6.37. The van der Waals surface area contributed by atoms with Crippen molar-refractivity contribution in [3.05, 3.63) is 29.8 Å². The summed E-state index contributed by atoms with van der Waals surface area (Å²) in [6, 6.07) is 7.06. The maximum atomic E-state index is 12.9. The molecule has 0 saturated carbocycles. The van der Waals surface area contributed by atoms with Gasteiger partial charge in [-0.1, -0.05) is 32.0 Å². The zero-order chi connectivity index (χ0) is 14.9. The van der Waals surface area contributed by atoms with Gasteiger partial charge in [-0.2, -0.15) is 4.31 Å². The third-order valence-corrected chi connectivity index (χ3v) is 6.38. The van der Waals surface area contributed by atoms with Gasteiger partial charge in [0.2, 0.25) is 10.0 Å². The Labute approximate surface area is 122 Å². The van der Waals surface area contributed by atoms with E-state index < -0.39 is 10.0 Å². The first-order valence-electron chi connectivity index (χ1n) is 7.17. The second kappa shape index (κ2) is 5.84. The SMILES string of the molecule is CC1CC(C)C(C)N(S(=O)(=O)c2ccccc2CN)C1. The molecule has 1 fully saturated rings. The Balaban J connectivity index is 2.43. The van der Waals surface area contributed by atoms with Crippen LogP contribution in [0.1, 0.15) is 32.8 Å². The van der Waals surface area contributed by atoms with Crippen LogP contribution in [0, 0.1) is 11.8 Å². The predicted octanol–water partition coefficient (Wildman–Crippen LogP) is 2.20. The molecule has 5 heteroatoms. The largest absolute Gasteiger partial charge is 0.326 e.